The second-order valence-corrected chi connectivity index (χ2v) is 8.39. The lowest BCUT2D eigenvalue weighted by molar-refractivity contribution is 0.307. The van der Waals surface area contributed by atoms with Crippen molar-refractivity contribution < 1.29 is 17.5 Å². The molecule has 1 aliphatic rings. The molecular formula is C22H18FNO3S. The molecule has 0 aromatic heterocycles. The van der Waals surface area contributed by atoms with Gasteiger partial charge in [0.05, 0.1) is 6.26 Å². The van der Waals surface area contributed by atoms with E-state index >= 15 is 0 Å². The first-order valence-corrected chi connectivity index (χ1v) is 10.6. The zero-order valence-corrected chi connectivity index (χ0v) is 16.0. The first-order valence-electron chi connectivity index (χ1n) is 8.70. The van der Waals surface area contributed by atoms with Gasteiger partial charge in [-0.2, -0.15) is 0 Å². The Morgan fingerprint density at radius 2 is 1.82 bits per heavy atom. The molecule has 0 unspecified atom stereocenters. The highest BCUT2D eigenvalue weighted by atomic mass is 32.2. The predicted molar refractivity (Wildman–Crippen MR) is 109 cm³/mol. The van der Waals surface area contributed by atoms with Crippen molar-refractivity contribution in [3.63, 3.8) is 0 Å². The molecular weight excluding hydrogens is 377 g/mol. The summed E-state index contributed by atoms with van der Waals surface area (Å²) in [6.07, 6.45) is 3.02. The van der Waals surface area contributed by atoms with Gasteiger partial charge in [0.1, 0.15) is 18.2 Å². The van der Waals surface area contributed by atoms with Crippen molar-refractivity contribution in [2.75, 3.05) is 11.0 Å². The molecule has 1 N–H and O–H groups in total. The summed E-state index contributed by atoms with van der Waals surface area (Å²) in [7, 11) is -3.38. The Kier molecular flexibility index (Phi) is 4.65. The van der Waals surface area contributed by atoms with Crippen molar-refractivity contribution >= 4 is 27.4 Å². The first kappa shape index (κ1) is 18.3. The molecule has 0 amide bonds. The third-order valence-electron chi connectivity index (χ3n) is 4.42. The van der Waals surface area contributed by atoms with Crippen molar-refractivity contribution in [3.05, 3.63) is 94.8 Å². The number of halogens is 1. The summed E-state index contributed by atoms with van der Waals surface area (Å²) in [5, 5.41) is 0. The third-order valence-corrected chi connectivity index (χ3v) is 5.03. The number of fused-ring (bicyclic) bond motifs is 2. The molecule has 0 radical (unpaired) electrons. The minimum Gasteiger partial charge on any atom is -0.488 e. The van der Waals surface area contributed by atoms with Gasteiger partial charge in [0.25, 0.3) is 0 Å². The van der Waals surface area contributed by atoms with Gasteiger partial charge in [-0.25, -0.2) is 12.8 Å². The van der Waals surface area contributed by atoms with Crippen LogP contribution < -0.4 is 9.46 Å². The molecule has 0 fully saturated rings. The number of nitrogens with one attached hydrogen (secondary N) is 1. The first-order chi connectivity index (χ1) is 13.4. The Labute approximate surface area is 163 Å². The van der Waals surface area contributed by atoms with Crippen LogP contribution >= 0.6 is 0 Å². The van der Waals surface area contributed by atoms with E-state index in [1.807, 2.05) is 36.4 Å². The van der Waals surface area contributed by atoms with Crippen LogP contribution in [0.2, 0.25) is 0 Å². The molecule has 0 atom stereocenters. The number of hydrogen-bond donors (Lipinski definition) is 1. The molecule has 28 heavy (non-hydrogen) atoms. The molecule has 4 rings (SSSR count). The highest BCUT2D eigenvalue weighted by molar-refractivity contribution is 7.92. The minimum absolute atomic E-state index is 0.347. The Bertz CT molecular complexity index is 1190. The molecule has 3 aromatic carbocycles. The van der Waals surface area contributed by atoms with E-state index in [9.17, 15) is 12.8 Å². The number of rotatable bonds is 3. The normalized spacial score (nSPS) is 14.6. The molecule has 0 saturated heterocycles. The molecule has 0 aliphatic carbocycles. The predicted octanol–water partition coefficient (Wildman–Crippen LogP) is 4.68. The fourth-order valence-electron chi connectivity index (χ4n) is 3.28. The highest BCUT2D eigenvalue weighted by Gasteiger charge is 2.19. The second kappa shape index (κ2) is 7.13. The van der Waals surface area contributed by atoms with Gasteiger partial charge >= 0.3 is 0 Å². The molecule has 0 spiro atoms. The molecule has 0 bridgehead atoms. The summed E-state index contributed by atoms with van der Waals surface area (Å²) >= 11 is 0. The molecule has 1 aliphatic heterocycles. The monoisotopic (exact) mass is 395 g/mol. The van der Waals surface area contributed by atoms with E-state index in [2.05, 4.69) is 4.72 Å². The van der Waals surface area contributed by atoms with E-state index in [0.29, 0.717) is 23.6 Å². The van der Waals surface area contributed by atoms with Crippen LogP contribution in [0.1, 0.15) is 22.3 Å². The molecule has 142 valence electrons. The highest BCUT2D eigenvalue weighted by Crippen LogP contribution is 2.38. The zero-order chi connectivity index (χ0) is 19.7. The van der Waals surface area contributed by atoms with Crippen LogP contribution in [-0.4, -0.2) is 14.7 Å². The second-order valence-electron chi connectivity index (χ2n) is 6.64. The standard InChI is InChI=1S/C22H18FNO3S/c1-28(25,26)24-18-7-4-5-15(11-18)12-20-19-8-3-2-6-16(19)14-27-22-10-9-17(23)13-21(20)22/h2-13,24H,14H2,1H3/b20-12-. The molecule has 0 saturated carbocycles. The maximum atomic E-state index is 14.0. The van der Waals surface area contributed by atoms with Gasteiger partial charge < -0.3 is 4.74 Å². The lowest BCUT2D eigenvalue weighted by Gasteiger charge is -2.11. The van der Waals surface area contributed by atoms with Crippen LogP contribution in [0.3, 0.4) is 0 Å². The van der Waals surface area contributed by atoms with Crippen molar-refractivity contribution in [3.8, 4) is 5.75 Å². The summed E-state index contributed by atoms with van der Waals surface area (Å²) < 4.78 is 45.4. The van der Waals surface area contributed by atoms with Crippen molar-refractivity contribution in [1.82, 2.24) is 0 Å². The van der Waals surface area contributed by atoms with Crippen LogP contribution in [0.4, 0.5) is 10.1 Å². The Morgan fingerprint density at radius 1 is 1.00 bits per heavy atom. The summed E-state index contributed by atoms with van der Waals surface area (Å²) in [5.74, 6) is 0.259. The van der Waals surface area contributed by atoms with E-state index in [0.717, 1.165) is 28.5 Å². The van der Waals surface area contributed by atoms with Crippen LogP contribution in [0.25, 0.3) is 11.6 Å². The topological polar surface area (TPSA) is 55.4 Å². The smallest absolute Gasteiger partial charge is 0.229 e. The number of sulfonamides is 1. The van der Waals surface area contributed by atoms with Gasteiger partial charge in [-0.05, 0) is 58.7 Å². The minimum atomic E-state index is -3.38. The number of ether oxygens (including phenoxy) is 1. The number of anilines is 1. The van der Waals surface area contributed by atoms with E-state index in [1.54, 1.807) is 24.3 Å². The van der Waals surface area contributed by atoms with E-state index in [1.165, 1.54) is 12.1 Å². The molecule has 1 heterocycles. The Morgan fingerprint density at radius 3 is 2.64 bits per heavy atom. The zero-order valence-electron chi connectivity index (χ0n) is 15.1. The third kappa shape index (κ3) is 3.92. The summed E-state index contributed by atoms with van der Waals surface area (Å²) in [4.78, 5) is 0. The fraction of sp³-hybridized carbons (Fsp3) is 0.0909. The van der Waals surface area contributed by atoms with Crippen LogP contribution in [-0.2, 0) is 16.6 Å². The average molecular weight is 395 g/mol. The van der Waals surface area contributed by atoms with E-state index < -0.39 is 10.0 Å². The van der Waals surface area contributed by atoms with Gasteiger partial charge in [0.15, 0.2) is 0 Å². The molecule has 4 nitrogen and oxygen atoms in total. The van der Waals surface area contributed by atoms with Gasteiger partial charge in [-0.3, -0.25) is 4.72 Å². The largest absolute Gasteiger partial charge is 0.488 e. The van der Waals surface area contributed by atoms with Crippen LogP contribution in [0, 0.1) is 5.82 Å². The van der Waals surface area contributed by atoms with Crippen molar-refractivity contribution in [2.24, 2.45) is 0 Å². The van der Waals surface area contributed by atoms with Crippen LogP contribution in [0.15, 0.2) is 66.7 Å². The van der Waals surface area contributed by atoms with Gasteiger partial charge in [0.2, 0.25) is 10.0 Å². The summed E-state index contributed by atoms with van der Waals surface area (Å²) in [5.41, 5.74) is 4.68. The van der Waals surface area contributed by atoms with E-state index in [4.69, 9.17) is 4.74 Å². The van der Waals surface area contributed by atoms with Gasteiger partial charge in [0, 0.05) is 11.3 Å². The Balaban J connectivity index is 1.89. The van der Waals surface area contributed by atoms with E-state index in [-0.39, 0.29) is 5.82 Å². The molecule has 6 heteroatoms. The van der Waals surface area contributed by atoms with Crippen molar-refractivity contribution in [2.45, 2.75) is 6.61 Å². The average Bonchev–Trinajstić information content (AvgIpc) is 2.78. The lowest BCUT2D eigenvalue weighted by atomic mass is 9.92. The lowest BCUT2D eigenvalue weighted by Crippen LogP contribution is -2.09. The van der Waals surface area contributed by atoms with Crippen molar-refractivity contribution in [1.29, 1.82) is 0 Å². The number of hydrogen-bond acceptors (Lipinski definition) is 3. The maximum Gasteiger partial charge on any atom is 0.229 e. The SMILES string of the molecule is CS(=O)(=O)Nc1cccc(/C=C2/c3ccccc3COc3ccc(F)cc32)c1. The quantitative estimate of drug-likeness (QED) is 0.701. The van der Waals surface area contributed by atoms with Gasteiger partial charge in [-0.1, -0.05) is 36.4 Å². The fourth-order valence-corrected chi connectivity index (χ4v) is 3.83. The van der Waals surface area contributed by atoms with Crippen LogP contribution in [0.5, 0.6) is 5.75 Å². The Hall–Kier alpha value is -3.12. The maximum absolute atomic E-state index is 14.0. The van der Waals surface area contributed by atoms with Gasteiger partial charge in [-0.15, -0.1) is 0 Å². The summed E-state index contributed by atoms with van der Waals surface area (Å²) in [6.45, 7) is 0.391. The molecule has 3 aromatic rings. The number of benzene rings is 3. The summed E-state index contributed by atoms with van der Waals surface area (Å²) in [6, 6.07) is 19.3.